The van der Waals surface area contributed by atoms with Gasteiger partial charge in [-0.15, -0.1) is 0 Å². The zero-order valence-electron chi connectivity index (χ0n) is 13.8. The quantitative estimate of drug-likeness (QED) is 0.702. The largest absolute Gasteiger partial charge is 0.334 e. The van der Waals surface area contributed by atoms with Crippen LogP contribution < -0.4 is 0 Å². The molecule has 0 saturated carbocycles. The summed E-state index contributed by atoms with van der Waals surface area (Å²) in [4.78, 5) is 14.9. The number of aryl methyl sites for hydroxylation is 1. The van der Waals surface area contributed by atoms with Gasteiger partial charge in [-0.2, -0.15) is 0 Å². The van der Waals surface area contributed by atoms with Crippen molar-refractivity contribution in [3.63, 3.8) is 0 Å². The van der Waals surface area contributed by atoms with E-state index in [1.807, 2.05) is 53.7 Å². The van der Waals surface area contributed by atoms with Gasteiger partial charge in [-0.3, -0.25) is 4.79 Å². The molecule has 0 radical (unpaired) electrons. The monoisotopic (exact) mass is 316 g/mol. The van der Waals surface area contributed by atoms with Gasteiger partial charge >= 0.3 is 0 Å². The van der Waals surface area contributed by atoms with E-state index >= 15 is 0 Å². The number of amides is 1. The van der Waals surface area contributed by atoms with Crippen LogP contribution >= 0.6 is 0 Å². The zero-order chi connectivity index (χ0) is 16.5. The first-order valence-electron chi connectivity index (χ1n) is 8.32. The summed E-state index contributed by atoms with van der Waals surface area (Å²) < 4.78 is 2.05. The lowest BCUT2D eigenvalue weighted by atomic mass is 9.99. The van der Waals surface area contributed by atoms with Gasteiger partial charge in [0.2, 0.25) is 0 Å². The summed E-state index contributed by atoms with van der Waals surface area (Å²) in [7, 11) is 0. The normalized spacial score (nSPS) is 13.6. The van der Waals surface area contributed by atoms with Crippen molar-refractivity contribution in [2.45, 2.75) is 19.9 Å². The smallest absolute Gasteiger partial charge is 0.254 e. The second-order valence-electron chi connectivity index (χ2n) is 6.34. The minimum atomic E-state index is 0.109. The Balaban J connectivity index is 1.63. The van der Waals surface area contributed by atoms with Gasteiger partial charge in [-0.05, 0) is 54.3 Å². The second-order valence-corrected chi connectivity index (χ2v) is 6.34. The molecule has 120 valence electrons. The molecule has 2 heterocycles. The minimum absolute atomic E-state index is 0.109. The molecule has 0 bridgehead atoms. The summed E-state index contributed by atoms with van der Waals surface area (Å²) in [5, 5.41) is 0. The van der Waals surface area contributed by atoms with Crippen molar-refractivity contribution >= 4 is 5.91 Å². The fourth-order valence-electron chi connectivity index (χ4n) is 3.37. The first kappa shape index (κ1) is 14.8. The first-order valence-corrected chi connectivity index (χ1v) is 8.32. The number of rotatable bonds is 2. The molecular formula is C21H20N2O. The zero-order valence-corrected chi connectivity index (χ0v) is 13.8. The molecule has 0 unspecified atom stereocenters. The fraction of sp³-hybridized carbons (Fsp3) is 0.190. The van der Waals surface area contributed by atoms with Gasteiger partial charge in [0.15, 0.2) is 0 Å². The summed E-state index contributed by atoms with van der Waals surface area (Å²) in [6, 6.07) is 18.3. The molecule has 0 atom stereocenters. The molecule has 3 nitrogen and oxygen atoms in total. The third-order valence-electron chi connectivity index (χ3n) is 4.76. The van der Waals surface area contributed by atoms with E-state index in [0.717, 1.165) is 29.8 Å². The Hall–Kier alpha value is -2.81. The molecule has 1 amide bonds. The lowest BCUT2D eigenvalue weighted by Gasteiger charge is -2.29. The predicted octanol–water partition coefficient (Wildman–Crippen LogP) is 3.98. The lowest BCUT2D eigenvalue weighted by molar-refractivity contribution is 0.0734. The molecular weight excluding hydrogens is 296 g/mol. The van der Waals surface area contributed by atoms with Crippen molar-refractivity contribution in [3.8, 4) is 5.69 Å². The van der Waals surface area contributed by atoms with Crippen molar-refractivity contribution in [1.29, 1.82) is 0 Å². The standard InChI is InChI=1S/C21H20N2O/c1-16-8-9-18(14-20(16)22-11-4-5-12-22)21(24)23-13-10-17-6-2-3-7-19(17)15-23/h2-9,11-12,14H,10,13,15H2,1H3. The maximum absolute atomic E-state index is 13.0. The Morgan fingerprint density at radius 3 is 2.50 bits per heavy atom. The SMILES string of the molecule is Cc1ccc(C(=O)N2CCc3ccccc3C2)cc1-n1cccc1. The lowest BCUT2D eigenvalue weighted by Crippen LogP contribution is -2.36. The number of carbonyl (C=O) groups excluding carboxylic acids is 1. The Bertz CT molecular complexity index is 881. The van der Waals surface area contributed by atoms with E-state index in [1.54, 1.807) is 0 Å². The van der Waals surface area contributed by atoms with Crippen LogP contribution in [0.25, 0.3) is 5.69 Å². The average Bonchev–Trinajstić information content (AvgIpc) is 3.15. The molecule has 1 aliphatic heterocycles. The Morgan fingerprint density at radius 1 is 0.958 bits per heavy atom. The Kier molecular flexibility index (Phi) is 3.69. The molecule has 0 saturated heterocycles. The number of benzene rings is 2. The third-order valence-corrected chi connectivity index (χ3v) is 4.76. The van der Waals surface area contributed by atoms with Gasteiger partial charge < -0.3 is 9.47 Å². The van der Waals surface area contributed by atoms with Crippen LogP contribution in [-0.4, -0.2) is 21.9 Å². The molecule has 3 aromatic rings. The maximum atomic E-state index is 13.0. The van der Waals surface area contributed by atoms with E-state index < -0.39 is 0 Å². The highest BCUT2D eigenvalue weighted by atomic mass is 16.2. The summed E-state index contributed by atoms with van der Waals surface area (Å²) in [5.74, 6) is 0.109. The van der Waals surface area contributed by atoms with Crippen LogP contribution in [0, 0.1) is 6.92 Å². The van der Waals surface area contributed by atoms with Crippen LogP contribution in [-0.2, 0) is 13.0 Å². The Morgan fingerprint density at radius 2 is 1.71 bits per heavy atom. The van der Waals surface area contributed by atoms with Crippen LogP contribution in [0.2, 0.25) is 0 Å². The van der Waals surface area contributed by atoms with Crippen molar-refractivity contribution < 1.29 is 4.79 Å². The minimum Gasteiger partial charge on any atom is -0.334 e. The van der Waals surface area contributed by atoms with Crippen LogP contribution in [0.1, 0.15) is 27.0 Å². The number of fused-ring (bicyclic) bond motifs is 1. The molecule has 2 aromatic carbocycles. The Labute approximate surface area is 142 Å². The van der Waals surface area contributed by atoms with E-state index in [9.17, 15) is 4.79 Å². The summed E-state index contributed by atoms with van der Waals surface area (Å²) >= 11 is 0. The van der Waals surface area contributed by atoms with Gasteiger partial charge in [-0.25, -0.2) is 0 Å². The molecule has 0 fully saturated rings. The maximum Gasteiger partial charge on any atom is 0.254 e. The van der Waals surface area contributed by atoms with Crippen LogP contribution in [0.3, 0.4) is 0 Å². The van der Waals surface area contributed by atoms with E-state index in [4.69, 9.17) is 0 Å². The average molecular weight is 316 g/mol. The van der Waals surface area contributed by atoms with Gasteiger partial charge in [0.25, 0.3) is 5.91 Å². The number of aromatic nitrogens is 1. The van der Waals surface area contributed by atoms with Crippen LogP contribution in [0.4, 0.5) is 0 Å². The van der Waals surface area contributed by atoms with Crippen LogP contribution in [0.5, 0.6) is 0 Å². The van der Waals surface area contributed by atoms with Gasteiger partial charge in [0.05, 0.1) is 0 Å². The van der Waals surface area contributed by atoms with E-state index in [0.29, 0.717) is 6.54 Å². The van der Waals surface area contributed by atoms with E-state index in [1.165, 1.54) is 11.1 Å². The highest BCUT2D eigenvalue weighted by Crippen LogP contribution is 2.22. The van der Waals surface area contributed by atoms with Crippen LogP contribution in [0.15, 0.2) is 67.0 Å². The van der Waals surface area contributed by atoms with Crippen molar-refractivity contribution in [2.24, 2.45) is 0 Å². The first-order chi connectivity index (χ1) is 11.7. The summed E-state index contributed by atoms with van der Waals surface area (Å²) in [5.41, 5.74) is 5.59. The predicted molar refractivity (Wildman–Crippen MR) is 95.4 cm³/mol. The van der Waals surface area contributed by atoms with Crippen molar-refractivity contribution in [2.75, 3.05) is 6.54 Å². The van der Waals surface area contributed by atoms with Gasteiger partial charge in [0, 0.05) is 36.7 Å². The fourth-order valence-corrected chi connectivity index (χ4v) is 3.37. The molecule has 4 rings (SSSR count). The molecule has 0 N–H and O–H groups in total. The summed E-state index contributed by atoms with van der Waals surface area (Å²) in [6.07, 6.45) is 4.94. The topological polar surface area (TPSA) is 25.2 Å². The molecule has 24 heavy (non-hydrogen) atoms. The third kappa shape index (κ3) is 2.62. The molecule has 0 spiro atoms. The second kappa shape index (κ2) is 6.00. The van der Waals surface area contributed by atoms with Crippen molar-refractivity contribution in [3.05, 3.63) is 89.2 Å². The number of carbonyl (C=O) groups is 1. The number of hydrogen-bond acceptors (Lipinski definition) is 1. The molecule has 0 aliphatic carbocycles. The van der Waals surface area contributed by atoms with Gasteiger partial charge in [-0.1, -0.05) is 30.3 Å². The number of nitrogens with zero attached hydrogens (tertiary/aromatic N) is 2. The molecule has 1 aliphatic rings. The summed E-state index contributed by atoms with van der Waals surface area (Å²) in [6.45, 7) is 3.55. The van der Waals surface area contributed by atoms with E-state index in [2.05, 4.69) is 29.7 Å². The van der Waals surface area contributed by atoms with Gasteiger partial charge in [0.1, 0.15) is 0 Å². The molecule has 1 aromatic heterocycles. The number of hydrogen-bond donors (Lipinski definition) is 0. The highest BCUT2D eigenvalue weighted by Gasteiger charge is 2.22. The molecule has 3 heteroatoms. The van der Waals surface area contributed by atoms with Crippen molar-refractivity contribution in [1.82, 2.24) is 9.47 Å². The van der Waals surface area contributed by atoms with E-state index in [-0.39, 0.29) is 5.91 Å². The highest BCUT2D eigenvalue weighted by molar-refractivity contribution is 5.95.